The van der Waals surface area contributed by atoms with Crippen LogP contribution in [0.4, 0.5) is 5.69 Å². The number of nitrogens with one attached hydrogen (secondary N) is 4. The van der Waals surface area contributed by atoms with E-state index in [-0.39, 0.29) is 24.0 Å². The number of rotatable bonds is 5. The molecule has 6 nitrogen and oxygen atoms in total. The molecule has 0 saturated carbocycles. The van der Waals surface area contributed by atoms with Crippen molar-refractivity contribution in [2.24, 2.45) is 0 Å². The van der Waals surface area contributed by atoms with Crippen LogP contribution >= 0.6 is 23.8 Å². The molecule has 0 spiro atoms. The normalized spacial score (nSPS) is 9.80. The SMILES string of the molecule is O=C(Cc1ccccc1)NCC(=O)NNC(=S)Nc1ccc(Cl)cc1. The van der Waals surface area contributed by atoms with E-state index in [9.17, 15) is 9.59 Å². The van der Waals surface area contributed by atoms with Gasteiger partial charge in [0, 0.05) is 10.7 Å². The monoisotopic (exact) mass is 376 g/mol. The first-order valence-corrected chi connectivity index (χ1v) is 8.23. The van der Waals surface area contributed by atoms with Crippen molar-refractivity contribution in [2.75, 3.05) is 11.9 Å². The van der Waals surface area contributed by atoms with E-state index < -0.39 is 5.91 Å². The number of hydrogen-bond donors (Lipinski definition) is 4. The van der Waals surface area contributed by atoms with Crippen LogP contribution in [0.5, 0.6) is 0 Å². The quantitative estimate of drug-likeness (QED) is 0.474. The second kappa shape index (κ2) is 9.61. The molecule has 0 bridgehead atoms. The highest BCUT2D eigenvalue weighted by Gasteiger charge is 2.06. The highest BCUT2D eigenvalue weighted by atomic mass is 35.5. The van der Waals surface area contributed by atoms with Crippen LogP contribution in [0.1, 0.15) is 5.56 Å². The molecule has 2 amide bonds. The van der Waals surface area contributed by atoms with Gasteiger partial charge in [0.25, 0.3) is 5.91 Å². The van der Waals surface area contributed by atoms with Gasteiger partial charge in [-0.05, 0) is 42.0 Å². The number of halogens is 1. The molecule has 0 fully saturated rings. The molecule has 0 aromatic heterocycles. The topological polar surface area (TPSA) is 82.3 Å². The van der Waals surface area contributed by atoms with E-state index in [0.717, 1.165) is 11.3 Å². The van der Waals surface area contributed by atoms with Crippen molar-refractivity contribution in [1.82, 2.24) is 16.2 Å². The Balaban J connectivity index is 1.65. The van der Waals surface area contributed by atoms with Gasteiger partial charge in [-0.3, -0.25) is 20.4 Å². The average molecular weight is 377 g/mol. The summed E-state index contributed by atoms with van der Waals surface area (Å²) in [5.41, 5.74) is 6.57. The summed E-state index contributed by atoms with van der Waals surface area (Å²) in [6.07, 6.45) is 0.220. The fourth-order valence-corrected chi connectivity index (χ4v) is 2.18. The minimum atomic E-state index is -0.415. The summed E-state index contributed by atoms with van der Waals surface area (Å²) in [6.45, 7) is -0.151. The third kappa shape index (κ3) is 7.19. The van der Waals surface area contributed by atoms with Gasteiger partial charge in [0.1, 0.15) is 0 Å². The van der Waals surface area contributed by atoms with E-state index in [1.807, 2.05) is 30.3 Å². The largest absolute Gasteiger partial charge is 0.347 e. The van der Waals surface area contributed by atoms with Gasteiger partial charge in [-0.2, -0.15) is 0 Å². The maximum Gasteiger partial charge on any atom is 0.257 e. The van der Waals surface area contributed by atoms with Crippen molar-refractivity contribution >= 4 is 46.4 Å². The molecule has 2 aromatic rings. The van der Waals surface area contributed by atoms with Crippen LogP contribution < -0.4 is 21.5 Å². The van der Waals surface area contributed by atoms with Gasteiger partial charge in [-0.15, -0.1) is 0 Å². The Kier molecular flexibility index (Phi) is 7.18. The Hall–Kier alpha value is -2.64. The summed E-state index contributed by atoms with van der Waals surface area (Å²) in [5, 5.41) is 6.25. The second-order valence-electron chi connectivity index (χ2n) is 5.07. The first-order chi connectivity index (χ1) is 12.0. The molecule has 0 aliphatic carbocycles. The minimum absolute atomic E-state index is 0.151. The molecule has 8 heteroatoms. The third-order valence-corrected chi connectivity index (χ3v) is 3.53. The molecular weight excluding hydrogens is 360 g/mol. The Labute approximate surface area is 155 Å². The molecule has 0 radical (unpaired) electrons. The van der Waals surface area contributed by atoms with E-state index in [0.29, 0.717) is 5.02 Å². The number of carbonyl (C=O) groups excluding carboxylic acids is 2. The van der Waals surface area contributed by atoms with Crippen molar-refractivity contribution < 1.29 is 9.59 Å². The van der Waals surface area contributed by atoms with Crippen molar-refractivity contribution in [3.8, 4) is 0 Å². The van der Waals surface area contributed by atoms with Gasteiger partial charge in [0.05, 0.1) is 13.0 Å². The molecule has 0 aliphatic rings. The predicted molar refractivity (Wildman–Crippen MR) is 102 cm³/mol. The van der Waals surface area contributed by atoms with Crippen LogP contribution in [0.3, 0.4) is 0 Å². The molecule has 0 atom stereocenters. The lowest BCUT2D eigenvalue weighted by atomic mass is 10.1. The van der Waals surface area contributed by atoms with Crippen LogP contribution in [0.25, 0.3) is 0 Å². The Bertz CT molecular complexity index is 738. The Morgan fingerprint density at radius 1 is 0.920 bits per heavy atom. The average Bonchev–Trinajstić information content (AvgIpc) is 2.61. The van der Waals surface area contributed by atoms with E-state index >= 15 is 0 Å². The molecule has 130 valence electrons. The zero-order valence-corrected chi connectivity index (χ0v) is 14.8. The summed E-state index contributed by atoms with van der Waals surface area (Å²) in [4.78, 5) is 23.5. The van der Waals surface area contributed by atoms with Gasteiger partial charge in [0.15, 0.2) is 5.11 Å². The van der Waals surface area contributed by atoms with Gasteiger partial charge < -0.3 is 10.6 Å². The van der Waals surface area contributed by atoms with E-state index in [4.69, 9.17) is 23.8 Å². The number of hydrazine groups is 1. The van der Waals surface area contributed by atoms with E-state index in [1.54, 1.807) is 24.3 Å². The zero-order valence-electron chi connectivity index (χ0n) is 13.2. The minimum Gasteiger partial charge on any atom is -0.347 e. The first kappa shape index (κ1) is 18.7. The van der Waals surface area contributed by atoms with Crippen LogP contribution in [0.15, 0.2) is 54.6 Å². The zero-order chi connectivity index (χ0) is 18.1. The lowest BCUT2D eigenvalue weighted by molar-refractivity contribution is -0.126. The highest BCUT2D eigenvalue weighted by Crippen LogP contribution is 2.12. The molecule has 0 saturated heterocycles. The Morgan fingerprint density at radius 3 is 2.28 bits per heavy atom. The lowest BCUT2D eigenvalue weighted by Gasteiger charge is -2.12. The smallest absolute Gasteiger partial charge is 0.257 e. The number of amides is 2. The first-order valence-electron chi connectivity index (χ1n) is 7.45. The summed E-state index contributed by atoms with van der Waals surface area (Å²) in [5.74, 6) is -0.648. The number of anilines is 1. The van der Waals surface area contributed by atoms with Crippen LogP contribution in [0, 0.1) is 0 Å². The molecular formula is C17H17ClN4O2S. The number of benzene rings is 2. The molecule has 2 aromatic carbocycles. The van der Waals surface area contributed by atoms with Gasteiger partial charge in [-0.1, -0.05) is 41.9 Å². The summed E-state index contributed by atoms with van der Waals surface area (Å²) in [7, 11) is 0. The molecule has 0 unspecified atom stereocenters. The van der Waals surface area contributed by atoms with Crippen LogP contribution in [0.2, 0.25) is 5.02 Å². The summed E-state index contributed by atoms with van der Waals surface area (Å²) < 4.78 is 0. The molecule has 4 N–H and O–H groups in total. The standard InChI is InChI=1S/C17H17ClN4O2S/c18-13-6-8-14(9-7-13)20-17(25)22-21-16(24)11-19-15(23)10-12-4-2-1-3-5-12/h1-9H,10-11H2,(H,19,23)(H,21,24)(H2,20,22,25). The maximum absolute atomic E-state index is 11.8. The number of thiocarbonyl (C=S) groups is 1. The Morgan fingerprint density at radius 2 is 1.60 bits per heavy atom. The van der Waals surface area contributed by atoms with E-state index in [1.165, 1.54) is 0 Å². The van der Waals surface area contributed by atoms with Crippen molar-refractivity contribution in [3.63, 3.8) is 0 Å². The van der Waals surface area contributed by atoms with Gasteiger partial charge >= 0.3 is 0 Å². The number of carbonyl (C=O) groups is 2. The fraction of sp³-hybridized carbons (Fsp3) is 0.118. The second-order valence-corrected chi connectivity index (χ2v) is 5.92. The van der Waals surface area contributed by atoms with Crippen molar-refractivity contribution in [3.05, 3.63) is 65.2 Å². The molecule has 2 rings (SSSR count). The fourth-order valence-electron chi connectivity index (χ4n) is 1.89. The van der Waals surface area contributed by atoms with Crippen LogP contribution in [-0.4, -0.2) is 23.5 Å². The van der Waals surface area contributed by atoms with Gasteiger partial charge in [-0.25, -0.2) is 0 Å². The molecule has 0 aliphatic heterocycles. The predicted octanol–water partition coefficient (Wildman–Crippen LogP) is 2.02. The third-order valence-electron chi connectivity index (χ3n) is 3.07. The lowest BCUT2D eigenvalue weighted by Crippen LogP contribution is -2.47. The summed E-state index contributed by atoms with van der Waals surface area (Å²) >= 11 is 10.8. The van der Waals surface area contributed by atoms with Crippen LogP contribution in [-0.2, 0) is 16.0 Å². The molecule has 25 heavy (non-hydrogen) atoms. The maximum atomic E-state index is 11.8. The highest BCUT2D eigenvalue weighted by molar-refractivity contribution is 7.80. The summed E-state index contributed by atoms with van der Waals surface area (Å²) in [6, 6.07) is 16.2. The van der Waals surface area contributed by atoms with E-state index in [2.05, 4.69) is 21.5 Å². The molecule has 0 heterocycles. The van der Waals surface area contributed by atoms with Gasteiger partial charge in [0.2, 0.25) is 5.91 Å². The van der Waals surface area contributed by atoms with Crippen molar-refractivity contribution in [2.45, 2.75) is 6.42 Å². The van der Waals surface area contributed by atoms with Crippen molar-refractivity contribution in [1.29, 1.82) is 0 Å². The number of hydrogen-bond acceptors (Lipinski definition) is 3.